The molecule has 4 rings (SSSR count). The minimum Gasteiger partial charge on any atom is -0.456 e. The number of nitrogens with one attached hydrogen (secondary N) is 1. The number of urea groups is 1. The van der Waals surface area contributed by atoms with Crippen LogP contribution in [0.4, 0.5) is 4.79 Å². The largest absolute Gasteiger partial charge is 0.456 e. The quantitative estimate of drug-likeness (QED) is 0.482. The fourth-order valence-corrected chi connectivity index (χ4v) is 5.11. The maximum Gasteiger partial charge on any atom is 0.325 e. The van der Waals surface area contributed by atoms with Crippen LogP contribution in [-0.2, 0) is 25.7 Å². The highest BCUT2D eigenvalue weighted by atomic mass is 16.5. The van der Waals surface area contributed by atoms with Gasteiger partial charge in [-0.15, -0.1) is 0 Å². The molecular weight excluding hydrogens is 436 g/mol. The molecule has 0 radical (unpaired) electrons. The van der Waals surface area contributed by atoms with Gasteiger partial charge in [-0.25, -0.2) is 4.79 Å². The van der Waals surface area contributed by atoms with E-state index in [1.54, 1.807) is 4.90 Å². The van der Waals surface area contributed by atoms with Crippen LogP contribution in [0.5, 0.6) is 0 Å². The number of hydrogen-bond donors (Lipinski definition) is 1. The number of piperazine rings is 1. The van der Waals surface area contributed by atoms with Crippen LogP contribution in [0.15, 0.2) is 24.3 Å². The van der Waals surface area contributed by atoms with E-state index in [0.29, 0.717) is 25.9 Å². The molecule has 9 heteroatoms. The predicted octanol–water partition coefficient (Wildman–Crippen LogP) is 1.83. The number of benzene rings is 1. The molecule has 1 aliphatic carbocycles. The number of hydrogen-bond acceptors (Lipinski definition) is 6. The monoisotopic (exact) mass is 470 g/mol. The molecule has 2 saturated heterocycles. The van der Waals surface area contributed by atoms with E-state index in [2.05, 4.69) is 41.4 Å². The van der Waals surface area contributed by atoms with Gasteiger partial charge in [-0.05, 0) is 25.3 Å². The fourth-order valence-electron chi connectivity index (χ4n) is 5.11. The molecule has 184 valence electrons. The molecule has 1 saturated carbocycles. The first-order chi connectivity index (χ1) is 16.4. The van der Waals surface area contributed by atoms with Gasteiger partial charge in [0.15, 0.2) is 6.61 Å². The number of aryl methyl sites for hydroxylation is 1. The van der Waals surface area contributed by atoms with Crippen molar-refractivity contribution >= 4 is 23.8 Å². The number of ether oxygens (including phenoxy) is 1. The number of carbonyl (C=O) groups excluding carboxylic acids is 4. The molecule has 9 nitrogen and oxygen atoms in total. The van der Waals surface area contributed by atoms with Crippen molar-refractivity contribution in [2.75, 3.05) is 39.3 Å². The van der Waals surface area contributed by atoms with Crippen LogP contribution in [0.1, 0.15) is 49.7 Å². The second-order valence-corrected chi connectivity index (χ2v) is 9.59. The Morgan fingerprint density at radius 2 is 1.79 bits per heavy atom. The summed E-state index contributed by atoms with van der Waals surface area (Å²) in [7, 11) is 0. The molecule has 1 spiro atoms. The maximum absolute atomic E-state index is 12.8. The molecule has 1 aromatic carbocycles. The van der Waals surface area contributed by atoms with Gasteiger partial charge in [0.1, 0.15) is 5.54 Å². The van der Waals surface area contributed by atoms with Gasteiger partial charge in [0.05, 0.1) is 6.42 Å². The van der Waals surface area contributed by atoms with Gasteiger partial charge in [0, 0.05) is 39.3 Å². The van der Waals surface area contributed by atoms with Gasteiger partial charge in [-0.3, -0.25) is 24.2 Å². The van der Waals surface area contributed by atoms with Crippen LogP contribution in [0.3, 0.4) is 0 Å². The number of carbonyl (C=O) groups is 4. The Labute approximate surface area is 200 Å². The van der Waals surface area contributed by atoms with Crippen LogP contribution in [0.25, 0.3) is 0 Å². The average Bonchev–Trinajstić information content (AvgIpc) is 3.05. The standard InChI is InChI=1S/C25H34N4O5/c1-19-6-5-7-20(16-19)17-27-12-14-28(15-13-27)21(30)18-34-22(31)8-11-29-23(32)25(26-24(29)33)9-3-2-4-10-25/h5-7,16H,2-4,8-15,17-18H2,1H3,(H,26,33). The van der Waals surface area contributed by atoms with Gasteiger partial charge in [0.2, 0.25) is 0 Å². The molecule has 34 heavy (non-hydrogen) atoms. The SMILES string of the molecule is Cc1cccc(CN2CCN(C(=O)COC(=O)CCN3C(=O)NC4(CCCCC4)C3=O)CC2)c1. The van der Waals surface area contributed by atoms with E-state index in [1.807, 2.05) is 0 Å². The minimum atomic E-state index is -0.795. The maximum atomic E-state index is 12.8. The molecule has 0 aromatic heterocycles. The number of nitrogens with zero attached hydrogens (tertiary/aromatic N) is 3. The number of rotatable bonds is 7. The smallest absolute Gasteiger partial charge is 0.325 e. The van der Waals surface area contributed by atoms with Crippen molar-refractivity contribution < 1.29 is 23.9 Å². The van der Waals surface area contributed by atoms with Crippen LogP contribution < -0.4 is 5.32 Å². The molecule has 0 atom stereocenters. The molecule has 3 aliphatic rings. The summed E-state index contributed by atoms with van der Waals surface area (Å²) >= 11 is 0. The Bertz CT molecular complexity index is 935. The van der Waals surface area contributed by atoms with Crippen molar-refractivity contribution in [3.05, 3.63) is 35.4 Å². The lowest BCUT2D eigenvalue weighted by atomic mass is 9.82. The van der Waals surface area contributed by atoms with Crippen LogP contribution in [0.2, 0.25) is 0 Å². The molecule has 0 bridgehead atoms. The third-order valence-electron chi connectivity index (χ3n) is 7.06. The van der Waals surface area contributed by atoms with Crippen molar-refractivity contribution in [2.24, 2.45) is 0 Å². The van der Waals surface area contributed by atoms with Crippen LogP contribution in [-0.4, -0.2) is 83.4 Å². The van der Waals surface area contributed by atoms with E-state index < -0.39 is 17.5 Å². The summed E-state index contributed by atoms with van der Waals surface area (Å²) in [5.74, 6) is -1.05. The van der Waals surface area contributed by atoms with E-state index >= 15 is 0 Å². The summed E-state index contributed by atoms with van der Waals surface area (Å²) in [6.45, 7) is 5.29. The normalized spacial score (nSPS) is 20.5. The van der Waals surface area contributed by atoms with Crippen LogP contribution in [0, 0.1) is 6.92 Å². The van der Waals surface area contributed by atoms with Crippen molar-refractivity contribution in [3.8, 4) is 0 Å². The van der Waals surface area contributed by atoms with E-state index in [1.165, 1.54) is 11.1 Å². The van der Waals surface area contributed by atoms with E-state index in [-0.39, 0.29) is 31.4 Å². The summed E-state index contributed by atoms with van der Waals surface area (Å²) in [6, 6.07) is 7.97. The number of imide groups is 1. The van der Waals surface area contributed by atoms with Gasteiger partial charge < -0.3 is 15.0 Å². The first-order valence-corrected chi connectivity index (χ1v) is 12.2. The summed E-state index contributed by atoms with van der Waals surface area (Å²) in [5.41, 5.74) is 1.70. The summed E-state index contributed by atoms with van der Waals surface area (Å²) in [4.78, 5) is 54.8. The van der Waals surface area contributed by atoms with Gasteiger partial charge in [-0.1, -0.05) is 49.1 Å². The highest BCUT2D eigenvalue weighted by molar-refractivity contribution is 6.07. The Kier molecular flexibility index (Phi) is 7.50. The van der Waals surface area contributed by atoms with Gasteiger partial charge in [-0.2, -0.15) is 0 Å². The van der Waals surface area contributed by atoms with Gasteiger partial charge >= 0.3 is 12.0 Å². The lowest BCUT2D eigenvalue weighted by Gasteiger charge is -2.34. The molecule has 1 N–H and O–H groups in total. The molecule has 3 fully saturated rings. The van der Waals surface area contributed by atoms with Crippen molar-refractivity contribution in [2.45, 2.75) is 57.5 Å². The van der Waals surface area contributed by atoms with E-state index in [0.717, 1.165) is 43.8 Å². The second kappa shape index (κ2) is 10.5. The number of amides is 4. The summed E-state index contributed by atoms with van der Waals surface area (Å²) < 4.78 is 5.15. The molecule has 2 heterocycles. The fraction of sp³-hybridized carbons (Fsp3) is 0.600. The molecule has 4 amide bonds. The zero-order chi connectivity index (χ0) is 24.1. The first-order valence-electron chi connectivity index (χ1n) is 12.2. The van der Waals surface area contributed by atoms with Crippen molar-refractivity contribution in [1.82, 2.24) is 20.0 Å². The molecule has 1 aromatic rings. The highest BCUT2D eigenvalue weighted by Gasteiger charge is 2.51. The zero-order valence-electron chi connectivity index (χ0n) is 19.9. The molecule has 0 unspecified atom stereocenters. The Morgan fingerprint density at radius 1 is 1.06 bits per heavy atom. The predicted molar refractivity (Wildman–Crippen MR) is 125 cm³/mol. The highest BCUT2D eigenvalue weighted by Crippen LogP contribution is 2.33. The second-order valence-electron chi connectivity index (χ2n) is 9.59. The molecular formula is C25H34N4O5. The lowest BCUT2D eigenvalue weighted by molar-refractivity contribution is -0.153. The van der Waals surface area contributed by atoms with Crippen LogP contribution >= 0.6 is 0 Å². The van der Waals surface area contributed by atoms with E-state index in [9.17, 15) is 19.2 Å². The van der Waals surface area contributed by atoms with Crippen molar-refractivity contribution in [3.63, 3.8) is 0 Å². The van der Waals surface area contributed by atoms with Gasteiger partial charge in [0.25, 0.3) is 11.8 Å². The summed E-state index contributed by atoms with van der Waals surface area (Å²) in [5, 5.41) is 2.83. The zero-order valence-corrected chi connectivity index (χ0v) is 19.9. The third-order valence-corrected chi connectivity index (χ3v) is 7.06. The Balaban J connectivity index is 1.16. The Hall–Kier alpha value is -2.94. The van der Waals surface area contributed by atoms with E-state index in [4.69, 9.17) is 4.74 Å². The number of esters is 1. The lowest BCUT2D eigenvalue weighted by Crippen LogP contribution is -2.49. The molecule has 2 aliphatic heterocycles. The van der Waals surface area contributed by atoms with Crippen molar-refractivity contribution in [1.29, 1.82) is 0 Å². The first kappa shape index (κ1) is 24.2. The third kappa shape index (κ3) is 5.58. The summed E-state index contributed by atoms with van der Waals surface area (Å²) in [6.07, 6.45) is 4.05. The average molecular weight is 471 g/mol. The Morgan fingerprint density at radius 3 is 2.50 bits per heavy atom. The minimum absolute atomic E-state index is 0.0307. The topological polar surface area (TPSA) is 99.3 Å².